The third-order valence-electron chi connectivity index (χ3n) is 3.57. The van der Waals surface area contributed by atoms with Crippen LogP contribution in [0.3, 0.4) is 0 Å². The van der Waals surface area contributed by atoms with Gasteiger partial charge in [0.1, 0.15) is 5.75 Å². The molecule has 0 bridgehead atoms. The van der Waals surface area contributed by atoms with E-state index in [9.17, 15) is 5.11 Å². The molecule has 2 N–H and O–H groups in total. The Morgan fingerprint density at radius 2 is 1.86 bits per heavy atom. The van der Waals surface area contributed by atoms with Crippen LogP contribution in [0.15, 0.2) is 48.5 Å². The monoisotopic (exact) mass is 285 g/mol. The van der Waals surface area contributed by atoms with Crippen molar-refractivity contribution in [1.82, 2.24) is 0 Å². The highest BCUT2D eigenvalue weighted by Gasteiger charge is 2.23. The largest absolute Gasteiger partial charge is 0.497 e. The van der Waals surface area contributed by atoms with Crippen LogP contribution in [-0.2, 0) is 6.42 Å². The number of methoxy groups -OCH3 is 1. The SMILES string of the molecule is COc1ccc(CC(C)(CO)Nc2cccc(C)c2)cc1. The van der Waals surface area contributed by atoms with E-state index in [2.05, 4.69) is 24.4 Å². The Kier molecular flexibility index (Phi) is 4.86. The van der Waals surface area contributed by atoms with Crippen LogP contribution in [0.25, 0.3) is 0 Å². The lowest BCUT2D eigenvalue weighted by atomic mass is 9.93. The molecule has 2 aromatic rings. The molecule has 3 heteroatoms. The van der Waals surface area contributed by atoms with Crippen molar-refractivity contribution < 1.29 is 9.84 Å². The summed E-state index contributed by atoms with van der Waals surface area (Å²) in [6, 6.07) is 16.1. The maximum atomic E-state index is 9.79. The number of aliphatic hydroxyl groups excluding tert-OH is 1. The van der Waals surface area contributed by atoms with Crippen LogP contribution >= 0.6 is 0 Å². The van der Waals surface area contributed by atoms with Gasteiger partial charge in [-0.2, -0.15) is 0 Å². The molecule has 0 fully saturated rings. The van der Waals surface area contributed by atoms with Crippen molar-refractivity contribution >= 4 is 5.69 Å². The number of aliphatic hydroxyl groups is 1. The highest BCUT2D eigenvalue weighted by molar-refractivity contribution is 5.48. The second-order valence-electron chi connectivity index (χ2n) is 5.74. The molecule has 0 aliphatic carbocycles. The third-order valence-corrected chi connectivity index (χ3v) is 3.57. The summed E-state index contributed by atoms with van der Waals surface area (Å²) in [6.45, 7) is 4.15. The summed E-state index contributed by atoms with van der Waals surface area (Å²) in [5, 5.41) is 13.2. The molecule has 3 nitrogen and oxygen atoms in total. The zero-order chi connectivity index (χ0) is 15.3. The lowest BCUT2D eigenvalue weighted by Crippen LogP contribution is -2.41. The number of anilines is 1. The predicted octanol–water partition coefficient (Wildman–Crippen LogP) is 3.41. The van der Waals surface area contributed by atoms with Gasteiger partial charge in [0.05, 0.1) is 19.3 Å². The van der Waals surface area contributed by atoms with E-state index < -0.39 is 5.54 Å². The van der Waals surface area contributed by atoms with Gasteiger partial charge in [-0.05, 0) is 55.7 Å². The maximum absolute atomic E-state index is 9.79. The van der Waals surface area contributed by atoms with E-state index in [1.807, 2.05) is 43.3 Å². The molecule has 2 rings (SSSR count). The number of aryl methyl sites for hydroxylation is 1. The minimum absolute atomic E-state index is 0.0625. The average Bonchev–Trinajstić information content (AvgIpc) is 2.48. The van der Waals surface area contributed by atoms with Crippen LogP contribution in [0.1, 0.15) is 18.1 Å². The van der Waals surface area contributed by atoms with E-state index in [1.54, 1.807) is 7.11 Å². The number of ether oxygens (including phenoxy) is 1. The van der Waals surface area contributed by atoms with Gasteiger partial charge >= 0.3 is 0 Å². The van der Waals surface area contributed by atoms with E-state index >= 15 is 0 Å². The van der Waals surface area contributed by atoms with Crippen molar-refractivity contribution in [3.8, 4) is 5.75 Å². The second-order valence-corrected chi connectivity index (χ2v) is 5.74. The molecule has 1 unspecified atom stereocenters. The molecule has 0 spiro atoms. The smallest absolute Gasteiger partial charge is 0.118 e. The molecule has 21 heavy (non-hydrogen) atoms. The van der Waals surface area contributed by atoms with Crippen molar-refractivity contribution in [2.75, 3.05) is 19.0 Å². The summed E-state index contributed by atoms with van der Waals surface area (Å²) in [5.74, 6) is 0.844. The van der Waals surface area contributed by atoms with Crippen LogP contribution in [0.5, 0.6) is 5.75 Å². The maximum Gasteiger partial charge on any atom is 0.118 e. The molecule has 1 atom stereocenters. The average molecular weight is 285 g/mol. The fourth-order valence-corrected chi connectivity index (χ4v) is 2.40. The quantitative estimate of drug-likeness (QED) is 0.854. The van der Waals surface area contributed by atoms with Gasteiger partial charge in [-0.15, -0.1) is 0 Å². The number of hydrogen-bond donors (Lipinski definition) is 2. The molecule has 0 saturated heterocycles. The van der Waals surface area contributed by atoms with E-state index in [0.29, 0.717) is 0 Å². The van der Waals surface area contributed by atoms with Crippen molar-refractivity contribution in [3.63, 3.8) is 0 Å². The summed E-state index contributed by atoms with van der Waals surface area (Å²) in [6.07, 6.45) is 0.738. The lowest BCUT2D eigenvalue weighted by molar-refractivity contribution is 0.222. The standard InChI is InChI=1S/C18H23NO2/c1-14-5-4-6-16(11-14)19-18(2,13-20)12-15-7-9-17(21-3)10-8-15/h4-11,19-20H,12-13H2,1-3H3. The molecule has 2 aromatic carbocycles. The zero-order valence-electron chi connectivity index (χ0n) is 12.9. The first-order valence-electron chi connectivity index (χ1n) is 7.13. The second kappa shape index (κ2) is 6.64. The molecule has 0 heterocycles. The molecule has 0 aromatic heterocycles. The molecule has 0 radical (unpaired) electrons. The first-order valence-corrected chi connectivity index (χ1v) is 7.13. The lowest BCUT2D eigenvalue weighted by Gasteiger charge is -2.30. The van der Waals surface area contributed by atoms with Crippen molar-refractivity contribution in [2.45, 2.75) is 25.8 Å². The fraction of sp³-hybridized carbons (Fsp3) is 0.333. The third kappa shape index (κ3) is 4.23. The highest BCUT2D eigenvalue weighted by Crippen LogP contribution is 2.22. The predicted molar refractivity (Wildman–Crippen MR) is 87.0 cm³/mol. The normalized spacial score (nSPS) is 13.5. The van der Waals surface area contributed by atoms with Crippen LogP contribution in [0.2, 0.25) is 0 Å². The molecular formula is C18H23NO2. The Balaban J connectivity index is 2.12. The van der Waals surface area contributed by atoms with E-state index in [1.165, 1.54) is 5.56 Å². The Morgan fingerprint density at radius 1 is 1.14 bits per heavy atom. The van der Waals surface area contributed by atoms with Gasteiger partial charge in [-0.3, -0.25) is 0 Å². The first kappa shape index (κ1) is 15.4. The van der Waals surface area contributed by atoms with Crippen molar-refractivity contribution in [1.29, 1.82) is 0 Å². The minimum atomic E-state index is -0.400. The van der Waals surface area contributed by atoms with E-state index in [0.717, 1.165) is 23.4 Å². The van der Waals surface area contributed by atoms with Gasteiger partial charge in [0.25, 0.3) is 0 Å². The topological polar surface area (TPSA) is 41.5 Å². The van der Waals surface area contributed by atoms with Crippen LogP contribution < -0.4 is 10.1 Å². The van der Waals surface area contributed by atoms with Gasteiger partial charge in [-0.25, -0.2) is 0 Å². The minimum Gasteiger partial charge on any atom is -0.497 e. The highest BCUT2D eigenvalue weighted by atomic mass is 16.5. The Morgan fingerprint density at radius 3 is 2.43 bits per heavy atom. The Labute approximate surface area is 126 Å². The summed E-state index contributed by atoms with van der Waals surface area (Å²) >= 11 is 0. The molecule has 0 amide bonds. The molecule has 0 saturated carbocycles. The zero-order valence-corrected chi connectivity index (χ0v) is 12.9. The van der Waals surface area contributed by atoms with Gasteiger partial charge in [0.2, 0.25) is 0 Å². The number of rotatable bonds is 6. The van der Waals surface area contributed by atoms with Crippen LogP contribution in [0.4, 0.5) is 5.69 Å². The molecule has 0 aliphatic rings. The summed E-state index contributed by atoms with van der Waals surface area (Å²) < 4.78 is 5.17. The fourth-order valence-electron chi connectivity index (χ4n) is 2.40. The van der Waals surface area contributed by atoms with Gasteiger partial charge in [0, 0.05) is 5.69 Å². The molecular weight excluding hydrogens is 262 g/mol. The number of nitrogens with one attached hydrogen (secondary N) is 1. The van der Waals surface area contributed by atoms with Crippen LogP contribution in [-0.4, -0.2) is 24.4 Å². The number of hydrogen-bond acceptors (Lipinski definition) is 3. The molecule has 0 aliphatic heterocycles. The van der Waals surface area contributed by atoms with Crippen molar-refractivity contribution in [3.05, 3.63) is 59.7 Å². The van der Waals surface area contributed by atoms with Gasteiger partial charge in [-0.1, -0.05) is 24.3 Å². The first-order chi connectivity index (χ1) is 10.0. The molecule has 112 valence electrons. The summed E-state index contributed by atoms with van der Waals surface area (Å²) in [7, 11) is 1.66. The van der Waals surface area contributed by atoms with Crippen molar-refractivity contribution in [2.24, 2.45) is 0 Å². The van der Waals surface area contributed by atoms with E-state index in [-0.39, 0.29) is 6.61 Å². The Hall–Kier alpha value is -2.00. The summed E-state index contributed by atoms with van der Waals surface area (Å²) in [5.41, 5.74) is 2.99. The van der Waals surface area contributed by atoms with E-state index in [4.69, 9.17) is 4.74 Å². The van der Waals surface area contributed by atoms with Gasteiger partial charge < -0.3 is 15.2 Å². The summed E-state index contributed by atoms with van der Waals surface area (Å²) in [4.78, 5) is 0. The van der Waals surface area contributed by atoms with Crippen LogP contribution in [0, 0.1) is 6.92 Å². The van der Waals surface area contributed by atoms with Gasteiger partial charge in [0.15, 0.2) is 0 Å². The number of benzene rings is 2. The Bertz CT molecular complexity index is 580.